The minimum atomic E-state index is -3.60. The molecule has 0 amide bonds. The maximum atomic E-state index is 12.7. The molecular formula is C17H17ClN2O5S. The predicted molar refractivity (Wildman–Crippen MR) is 94.4 cm³/mol. The summed E-state index contributed by atoms with van der Waals surface area (Å²) in [6, 6.07) is 9.43. The van der Waals surface area contributed by atoms with Crippen LogP contribution in [0.4, 0.5) is 0 Å². The van der Waals surface area contributed by atoms with Gasteiger partial charge in [0.05, 0.1) is 23.7 Å². The summed E-state index contributed by atoms with van der Waals surface area (Å²) in [4.78, 5) is 16.1. The van der Waals surface area contributed by atoms with Gasteiger partial charge in [-0.15, -0.1) is 0 Å². The molecule has 0 spiro atoms. The van der Waals surface area contributed by atoms with E-state index in [0.717, 1.165) is 0 Å². The molecule has 2 heterocycles. The van der Waals surface area contributed by atoms with Gasteiger partial charge in [-0.05, 0) is 29.8 Å². The largest absolute Gasteiger partial charge is 0.457 e. The molecule has 0 unspecified atom stereocenters. The molecule has 26 heavy (non-hydrogen) atoms. The van der Waals surface area contributed by atoms with E-state index in [1.807, 2.05) is 0 Å². The summed E-state index contributed by atoms with van der Waals surface area (Å²) in [5, 5.41) is 0.0566. The number of halogens is 1. The Morgan fingerprint density at radius 2 is 2.00 bits per heavy atom. The van der Waals surface area contributed by atoms with Crippen molar-refractivity contribution in [2.45, 2.75) is 11.5 Å². The number of pyridine rings is 1. The van der Waals surface area contributed by atoms with Gasteiger partial charge >= 0.3 is 5.97 Å². The van der Waals surface area contributed by atoms with Gasteiger partial charge in [-0.2, -0.15) is 4.31 Å². The number of carbonyl (C=O) groups is 1. The first-order valence-corrected chi connectivity index (χ1v) is 9.75. The van der Waals surface area contributed by atoms with Gasteiger partial charge in [-0.25, -0.2) is 18.2 Å². The molecule has 9 heteroatoms. The van der Waals surface area contributed by atoms with Gasteiger partial charge in [0.25, 0.3) is 0 Å². The molecule has 0 saturated carbocycles. The summed E-state index contributed by atoms with van der Waals surface area (Å²) >= 11 is 5.86. The van der Waals surface area contributed by atoms with Crippen LogP contribution >= 0.6 is 11.6 Å². The molecule has 0 bridgehead atoms. The first kappa shape index (κ1) is 18.8. The van der Waals surface area contributed by atoms with Crippen LogP contribution in [-0.2, 0) is 26.1 Å². The highest BCUT2D eigenvalue weighted by Gasteiger charge is 2.26. The topological polar surface area (TPSA) is 85.8 Å². The van der Waals surface area contributed by atoms with Crippen LogP contribution in [0.5, 0.6) is 0 Å². The third-order valence-corrected chi connectivity index (χ3v) is 6.05. The minimum Gasteiger partial charge on any atom is -0.457 e. The zero-order chi connectivity index (χ0) is 18.6. The number of sulfonamides is 1. The van der Waals surface area contributed by atoms with Gasteiger partial charge in [0.1, 0.15) is 11.8 Å². The molecule has 0 aliphatic carbocycles. The molecular weight excluding hydrogens is 380 g/mol. The number of aromatic nitrogens is 1. The van der Waals surface area contributed by atoms with Crippen LogP contribution < -0.4 is 0 Å². The summed E-state index contributed by atoms with van der Waals surface area (Å²) in [5.74, 6) is -0.621. The van der Waals surface area contributed by atoms with E-state index in [1.54, 1.807) is 18.2 Å². The Bertz CT molecular complexity index is 898. The van der Waals surface area contributed by atoms with Crippen molar-refractivity contribution in [3.63, 3.8) is 0 Å². The van der Waals surface area contributed by atoms with Crippen LogP contribution in [0, 0.1) is 0 Å². The monoisotopic (exact) mass is 396 g/mol. The number of morpholine rings is 1. The van der Waals surface area contributed by atoms with E-state index in [2.05, 4.69) is 4.98 Å². The summed E-state index contributed by atoms with van der Waals surface area (Å²) in [6.07, 6.45) is 1.47. The first-order chi connectivity index (χ1) is 12.5. The second-order valence-corrected chi connectivity index (χ2v) is 7.88. The predicted octanol–water partition coefficient (Wildman–Crippen LogP) is 2.11. The number of hydrogen-bond donors (Lipinski definition) is 0. The second-order valence-electron chi connectivity index (χ2n) is 5.58. The molecule has 0 radical (unpaired) electrons. The van der Waals surface area contributed by atoms with E-state index >= 15 is 0 Å². The third-order valence-electron chi connectivity index (χ3n) is 3.86. The van der Waals surface area contributed by atoms with Crippen LogP contribution in [-0.4, -0.2) is 50.0 Å². The highest BCUT2D eigenvalue weighted by atomic mass is 35.5. The van der Waals surface area contributed by atoms with Crippen molar-refractivity contribution in [3.05, 3.63) is 58.9 Å². The fraction of sp³-hybridized carbons (Fsp3) is 0.294. The Hall–Kier alpha value is -2.00. The van der Waals surface area contributed by atoms with Crippen molar-refractivity contribution >= 4 is 27.6 Å². The summed E-state index contributed by atoms with van der Waals surface area (Å²) in [6.45, 7) is 1.32. The van der Waals surface area contributed by atoms with Crippen molar-refractivity contribution in [1.29, 1.82) is 0 Å². The molecule has 1 saturated heterocycles. The standard InChI is InChI=1S/C17H17ClN2O5S/c18-16-15(5-2-6-19-16)17(21)25-12-13-3-1-4-14(11-13)26(22,23)20-7-9-24-10-8-20/h1-6,11H,7-10,12H2. The molecule has 0 atom stereocenters. The van der Waals surface area contributed by atoms with Crippen molar-refractivity contribution in [1.82, 2.24) is 9.29 Å². The fourth-order valence-corrected chi connectivity index (χ4v) is 4.17. The van der Waals surface area contributed by atoms with Crippen molar-refractivity contribution < 1.29 is 22.7 Å². The molecule has 0 N–H and O–H groups in total. The lowest BCUT2D eigenvalue weighted by Gasteiger charge is -2.26. The summed E-state index contributed by atoms with van der Waals surface area (Å²) < 4.78 is 37.2. The van der Waals surface area contributed by atoms with Crippen LogP contribution in [0.3, 0.4) is 0 Å². The number of nitrogens with zero attached hydrogens (tertiary/aromatic N) is 2. The number of benzene rings is 1. The smallest absolute Gasteiger partial charge is 0.341 e. The van der Waals surface area contributed by atoms with Gasteiger partial charge in [0.2, 0.25) is 10.0 Å². The summed E-state index contributed by atoms with van der Waals surface area (Å²) in [7, 11) is -3.60. The summed E-state index contributed by atoms with van der Waals surface area (Å²) in [5.41, 5.74) is 0.721. The van der Waals surface area contributed by atoms with E-state index in [9.17, 15) is 13.2 Å². The maximum Gasteiger partial charge on any atom is 0.341 e. The lowest BCUT2D eigenvalue weighted by atomic mass is 10.2. The number of rotatable bonds is 5. The van der Waals surface area contributed by atoms with Gasteiger partial charge in [-0.3, -0.25) is 0 Å². The average Bonchev–Trinajstić information content (AvgIpc) is 2.67. The zero-order valence-corrected chi connectivity index (χ0v) is 15.4. The first-order valence-electron chi connectivity index (χ1n) is 7.93. The molecule has 1 fully saturated rings. The molecule has 1 aliphatic heterocycles. The Morgan fingerprint density at radius 1 is 1.23 bits per heavy atom. The molecule has 3 rings (SSSR count). The van der Waals surface area contributed by atoms with E-state index in [4.69, 9.17) is 21.1 Å². The van der Waals surface area contributed by atoms with Gasteiger partial charge in [0, 0.05) is 19.3 Å². The lowest BCUT2D eigenvalue weighted by Crippen LogP contribution is -2.40. The van der Waals surface area contributed by atoms with Crippen molar-refractivity contribution in [3.8, 4) is 0 Å². The Labute approximate surface area is 156 Å². The number of carbonyl (C=O) groups excluding carboxylic acids is 1. The van der Waals surface area contributed by atoms with Gasteiger partial charge < -0.3 is 9.47 Å². The van der Waals surface area contributed by atoms with Gasteiger partial charge in [-0.1, -0.05) is 23.7 Å². The van der Waals surface area contributed by atoms with Crippen LogP contribution in [0.1, 0.15) is 15.9 Å². The van der Waals surface area contributed by atoms with Crippen molar-refractivity contribution in [2.24, 2.45) is 0 Å². The Kier molecular flexibility index (Phi) is 5.87. The minimum absolute atomic E-state index is 0.0566. The quantitative estimate of drug-likeness (QED) is 0.568. The second kappa shape index (κ2) is 8.13. The average molecular weight is 397 g/mol. The highest BCUT2D eigenvalue weighted by Crippen LogP contribution is 2.19. The number of hydrogen-bond acceptors (Lipinski definition) is 6. The normalized spacial score (nSPS) is 15.6. The number of esters is 1. The number of ether oxygens (including phenoxy) is 2. The van der Waals surface area contributed by atoms with E-state index in [0.29, 0.717) is 31.9 Å². The SMILES string of the molecule is O=C(OCc1cccc(S(=O)(=O)N2CCOCC2)c1)c1cccnc1Cl. The van der Waals surface area contributed by atoms with Crippen LogP contribution in [0.15, 0.2) is 47.5 Å². The maximum absolute atomic E-state index is 12.7. The fourth-order valence-electron chi connectivity index (χ4n) is 2.50. The van der Waals surface area contributed by atoms with Crippen molar-refractivity contribution in [2.75, 3.05) is 26.3 Å². The van der Waals surface area contributed by atoms with Crippen LogP contribution in [0.2, 0.25) is 5.15 Å². The third kappa shape index (κ3) is 4.21. The molecule has 1 aromatic carbocycles. The molecule has 138 valence electrons. The van der Waals surface area contributed by atoms with E-state index in [1.165, 1.54) is 28.7 Å². The molecule has 2 aromatic rings. The molecule has 1 aliphatic rings. The lowest BCUT2D eigenvalue weighted by molar-refractivity contribution is 0.0472. The Morgan fingerprint density at radius 3 is 2.73 bits per heavy atom. The zero-order valence-electron chi connectivity index (χ0n) is 13.8. The van der Waals surface area contributed by atoms with E-state index < -0.39 is 16.0 Å². The highest BCUT2D eigenvalue weighted by molar-refractivity contribution is 7.89. The van der Waals surface area contributed by atoms with Gasteiger partial charge in [0.15, 0.2) is 0 Å². The Balaban J connectivity index is 1.71. The molecule has 1 aromatic heterocycles. The molecule has 7 nitrogen and oxygen atoms in total. The van der Waals surface area contributed by atoms with Crippen LogP contribution in [0.25, 0.3) is 0 Å². The van der Waals surface area contributed by atoms with E-state index in [-0.39, 0.29) is 22.2 Å².